The van der Waals surface area contributed by atoms with Gasteiger partial charge in [-0.1, -0.05) is 12.1 Å². The summed E-state index contributed by atoms with van der Waals surface area (Å²) in [5.74, 6) is 0.655. The zero-order chi connectivity index (χ0) is 14.4. The van der Waals surface area contributed by atoms with E-state index in [1.807, 2.05) is 24.3 Å². The highest BCUT2D eigenvalue weighted by Gasteiger charge is 2.17. The number of amides is 1. The van der Waals surface area contributed by atoms with Gasteiger partial charge in [-0.3, -0.25) is 4.79 Å². The van der Waals surface area contributed by atoms with Gasteiger partial charge in [-0.25, -0.2) is 0 Å². The minimum atomic E-state index is -0.173. The Bertz CT molecular complexity index is 442. The van der Waals surface area contributed by atoms with E-state index in [4.69, 9.17) is 4.74 Å². The van der Waals surface area contributed by atoms with E-state index in [1.165, 1.54) is 0 Å². The van der Waals surface area contributed by atoms with Crippen LogP contribution in [0.2, 0.25) is 0 Å². The number of anilines is 1. The third kappa shape index (κ3) is 4.21. The van der Waals surface area contributed by atoms with Crippen molar-refractivity contribution < 1.29 is 14.6 Å². The lowest BCUT2D eigenvalue weighted by molar-refractivity contribution is -0.116. The first-order valence-electron chi connectivity index (χ1n) is 7.02. The lowest BCUT2D eigenvalue weighted by Gasteiger charge is -2.29. The number of likely N-dealkylation sites (tertiary alicyclic amines) is 1. The Morgan fingerprint density at radius 3 is 2.80 bits per heavy atom. The van der Waals surface area contributed by atoms with Gasteiger partial charge in [0.2, 0.25) is 5.91 Å². The number of aliphatic hydroxyl groups is 1. The number of nitrogens with zero attached hydrogens (tertiary/aromatic N) is 1. The van der Waals surface area contributed by atoms with Crippen LogP contribution in [0, 0.1) is 0 Å². The standard InChI is InChI=1S/C15H22N2O3/c1-20-14-5-3-2-4-13(14)16-15(19)8-11-17-9-6-12(18)7-10-17/h2-5,12,18H,6-11H2,1H3,(H,16,19). The Kier molecular flexibility index (Phi) is 5.38. The Hall–Kier alpha value is -1.59. The molecule has 0 aliphatic carbocycles. The maximum absolute atomic E-state index is 11.9. The van der Waals surface area contributed by atoms with Crippen LogP contribution >= 0.6 is 0 Å². The van der Waals surface area contributed by atoms with Crippen molar-refractivity contribution in [3.8, 4) is 5.75 Å². The van der Waals surface area contributed by atoms with Crippen LogP contribution in [-0.2, 0) is 4.79 Å². The topological polar surface area (TPSA) is 61.8 Å². The van der Waals surface area contributed by atoms with Gasteiger partial charge in [0.25, 0.3) is 0 Å². The predicted molar refractivity (Wildman–Crippen MR) is 77.9 cm³/mol. The molecule has 0 saturated carbocycles. The average Bonchev–Trinajstić information content (AvgIpc) is 2.47. The van der Waals surface area contributed by atoms with Crippen LogP contribution in [0.4, 0.5) is 5.69 Å². The molecule has 0 radical (unpaired) electrons. The lowest BCUT2D eigenvalue weighted by atomic mass is 10.1. The molecule has 0 spiro atoms. The summed E-state index contributed by atoms with van der Waals surface area (Å²) in [4.78, 5) is 14.2. The monoisotopic (exact) mass is 278 g/mol. The van der Waals surface area contributed by atoms with E-state index in [-0.39, 0.29) is 12.0 Å². The molecule has 1 aliphatic rings. The predicted octanol–water partition coefficient (Wildman–Crippen LogP) is 1.48. The Balaban J connectivity index is 1.78. The number of methoxy groups -OCH3 is 1. The molecular formula is C15H22N2O3. The molecule has 2 N–H and O–H groups in total. The lowest BCUT2D eigenvalue weighted by Crippen LogP contribution is -2.37. The largest absolute Gasteiger partial charge is 0.495 e. The number of nitrogens with one attached hydrogen (secondary N) is 1. The van der Waals surface area contributed by atoms with E-state index in [2.05, 4.69) is 10.2 Å². The molecule has 2 rings (SSSR count). The van der Waals surface area contributed by atoms with Crippen LogP contribution in [-0.4, -0.2) is 48.8 Å². The van der Waals surface area contributed by atoms with Gasteiger partial charge in [-0.2, -0.15) is 0 Å². The number of rotatable bonds is 5. The van der Waals surface area contributed by atoms with Crippen molar-refractivity contribution in [3.05, 3.63) is 24.3 Å². The smallest absolute Gasteiger partial charge is 0.225 e. The van der Waals surface area contributed by atoms with E-state index in [1.54, 1.807) is 7.11 Å². The van der Waals surface area contributed by atoms with Crippen LogP contribution in [0.3, 0.4) is 0 Å². The molecule has 1 aromatic rings. The fourth-order valence-electron chi connectivity index (χ4n) is 2.36. The highest BCUT2D eigenvalue weighted by molar-refractivity contribution is 5.92. The molecule has 1 aromatic carbocycles. The minimum absolute atomic E-state index is 0.0133. The number of para-hydroxylation sites is 2. The van der Waals surface area contributed by atoms with Crippen molar-refractivity contribution in [2.75, 3.05) is 32.1 Å². The van der Waals surface area contributed by atoms with Gasteiger partial charge in [-0.15, -0.1) is 0 Å². The molecule has 1 aliphatic heterocycles. The zero-order valence-electron chi connectivity index (χ0n) is 11.8. The fourth-order valence-corrected chi connectivity index (χ4v) is 2.36. The average molecular weight is 278 g/mol. The highest BCUT2D eigenvalue weighted by atomic mass is 16.5. The molecule has 20 heavy (non-hydrogen) atoms. The fraction of sp³-hybridized carbons (Fsp3) is 0.533. The molecule has 5 heteroatoms. The van der Waals surface area contributed by atoms with E-state index < -0.39 is 0 Å². The van der Waals surface area contributed by atoms with Crippen molar-refractivity contribution in [2.24, 2.45) is 0 Å². The zero-order valence-corrected chi connectivity index (χ0v) is 11.8. The molecule has 0 unspecified atom stereocenters. The summed E-state index contributed by atoms with van der Waals surface area (Å²) in [7, 11) is 1.59. The second kappa shape index (κ2) is 7.26. The highest BCUT2D eigenvalue weighted by Crippen LogP contribution is 2.23. The second-order valence-corrected chi connectivity index (χ2v) is 5.07. The van der Waals surface area contributed by atoms with Gasteiger partial charge in [-0.05, 0) is 25.0 Å². The minimum Gasteiger partial charge on any atom is -0.495 e. The first-order valence-corrected chi connectivity index (χ1v) is 7.02. The van der Waals surface area contributed by atoms with Crippen molar-refractivity contribution in [2.45, 2.75) is 25.4 Å². The number of piperidine rings is 1. The summed E-state index contributed by atoms with van der Waals surface area (Å²) in [6.07, 6.45) is 1.88. The first kappa shape index (κ1) is 14.8. The third-order valence-corrected chi connectivity index (χ3v) is 3.59. The number of hydrogen-bond donors (Lipinski definition) is 2. The Morgan fingerprint density at radius 1 is 1.40 bits per heavy atom. The van der Waals surface area contributed by atoms with Crippen molar-refractivity contribution in [1.29, 1.82) is 0 Å². The van der Waals surface area contributed by atoms with Crippen LogP contribution in [0.15, 0.2) is 24.3 Å². The van der Waals surface area contributed by atoms with E-state index >= 15 is 0 Å². The van der Waals surface area contributed by atoms with Crippen LogP contribution in [0.25, 0.3) is 0 Å². The number of aliphatic hydroxyl groups excluding tert-OH is 1. The van der Waals surface area contributed by atoms with Crippen molar-refractivity contribution in [1.82, 2.24) is 4.90 Å². The summed E-state index contributed by atoms with van der Waals surface area (Å²) in [6.45, 7) is 2.46. The van der Waals surface area contributed by atoms with E-state index in [0.717, 1.165) is 32.5 Å². The molecule has 1 saturated heterocycles. The van der Waals surface area contributed by atoms with Gasteiger partial charge >= 0.3 is 0 Å². The van der Waals surface area contributed by atoms with E-state index in [9.17, 15) is 9.90 Å². The Morgan fingerprint density at radius 2 is 2.10 bits per heavy atom. The SMILES string of the molecule is COc1ccccc1NC(=O)CCN1CCC(O)CC1. The number of ether oxygens (including phenoxy) is 1. The van der Waals surface area contributed by atoms with Gasteiger partial charge in [0.05, 0.1) is 18.9 Å². The molecule has 1 amide bonds. The summed E-state index contributed by atoms with van der Waals surface area (Å²) in [5, 5.41) is 12.3. The number of benzene rings is 1. The molecule has 5 nitrogen and oxygen atoms in total. The number of carbonyl (C=O) groups is 1. The summed E-state index contributed by atoms with van der Waals surface area (Å²) in [5.41, 5.74) is 0.703. The molecule has 0 bridgehead atoms. The quantitative estimate of drug-likeness (QED) is 0.856. The van der Waals surface area contributed by atoms with Crippen LogP contribution in [0.5, 0.6) is 5.75 Å². The van der Waals surface area contributed by atoms with E-state index in [0.29, 0.717) is 17.9 Å². The van der Waals surface area contributed by atoms with Crippen molar-refractivity contribution >= 4 is 11.6 Å². The molecular weight excluding hydrogens is 256 g/mol. The van der Waals surface area contributed by atoms with Crippen molar-refractivity contribution in [3.63, 3.8) is 0 Å². The van der Waals surface area contributed by atoms with Gasteiger partial charge in [0.15, 0.2) is 0 Å². The summed E-state index contributed by atoms with van der Waals surface area (Å²) >= 11 is 0. The van der Waals surface area contributed by atoms with Crippen LogP contribution in [0.1, 0.15) is 19.3 Å². The normalized spacial score (nSPS) is 16.9. The Labute approximate surface area is 119 Å². The molecule has 0 atom stereocenters. The molecule has 1 heterocycles. The third-order valence-electron chi connectivity index (χ3n) is 3.59. The summed E-state index contributed by atoms with van der Waals surface area (Å²) in [6, 6.07) is 7.38. The maximum Gasteiger partial charge on any atom is 0.225 e. The number of hydrogen-bond acceptors (Lipinski definition) is 4. The second-order valence-electron chi connectivity index (χ2n) is 5.07. The van der Waals surface area contributed by atoms with Crippen LogP contribution < -0.4 is 10.1 Å². The summed E-state index contributed by atoms with van der Waals surface area (Å²) < 4.78 is 5.20. The number of carbonyl (C=O) groups excluding carboxylic acids is 1. The molecule has 110 valence electrons. The van der Waals surface area contributed by atoms with Gasteiger partial charge in [0.1, 0.15) is 5.75 Å². The molecule has 1 fully saturated rings. The maximum atomic E-state index is 11.9. The molecule has 0 aromatic heterocycles. The first-order chi connectivity index (χ1) is 9.69. The van der Waals surface area contributed by atoms with Gasteiger partial charge in [0, 0.05) is 26.1 Å². The van der Waals surface area contributed by atoms with Gasteiger partial charge < -0.3 is 20.1 Å².